The highest BCUT2D eigenvalue weighted by Crippen LogP contribution is 2.46. The van der Waals surface area contributed by atoms with Crippen molar-refractivity contribution in [3.8, 4) is 0 Å². The van der Waals surface area contributed by atoms with Crippen molar-refractivity contribution in [2.75, 3.05) is 0 Å². The van der Waals surface area contributed by atoms with Gasteiger partial charge >= 0.3 is 0 Å². The first-order valence-electron chi connectivity index (χ1n) is 6.24. The van der Waals surface area contributed by atoms with E-state index in [0.29, 0.717) is 12.5 Å². The van der Waals surface area contributed by atoms with Crippen molar-refractivity contribution in [1.29, 1.82) is 0 Å². The van der Waals surface area contributed by atoms with Crippen LogP contribution in [-0.4, -0.2) is 17.0 Å². The van der Waals surface area contributed by atoms with E-state index < -0.39 is 6.09 Å². The van der Waals surface area contributed by atoms with Crippen LogP contribution in [0.1, 0.15) is 30.6 Å². The van der Waals surface area contributed by atoms with E-state index in [4.69, 9.17) is 0 Å². The Morgan fingerprint density at radius 1 is 1.47 bits per heavy atom. The largest absolute Gasteiger partial charge is 0.530 e. The second-order valence-electron chi connectivity index (χ2n) is 5.22. The quantitative estimate of drug-likeness (QED) is 0.824. The Balaban J connectivity index is 1.74. The smallest absolute Gasteiger partial charge is 0.137 e. The summed E-state index contributed by atoms with van der Waals surface area (Å²) < 4.78 is 0. The predicted molar refractivity (Wildman–Crippen MR) is 64.5 cm³/mol. The standard InChI is InChI=1S/C13H17NO2S/c15-13(16)14(8-11-2-1-5-17-11)12-7-9-3-4-10(12)6-9/h1-2,5,9-10,12H,3-4,6-8H2,(H,15,16)/p-1. The number of carboxylic acid groups (broad SMARTS) is 1. The van der Waals surface area contributed by atoms with Crippen LogP contribution in [-0.2, 0) is 6.54 Å². The van der Waals surface area contributed by atoms with E-state index in [1.807, 2.05) is 17.5 Å². The number of hydrogen-bond donors (Lipinski definition) is 0. The van der Waals surface area contributed by atoms with Gasteiger partial charge in [-0.1, -0.05) is 12.5 Å². The fourth-order valence-electron chi connectivity index (χ4n) is 3.48. The van der Waals surface area contributed by atoms with Gasteiger partial charge < -0.3 is 14.8 Å². The number of carbonyl (C=O) groups excluding carboxylic acids is 1. The number of carbonyl (C=O) groups is 1. The monoisotopic (exact) mass is 250 g/mol. The Morgan fingerprint density at radius 3 is 2.88 bits per heavy atom. The minimum Gasteiger partial charge on any atom is -0.530 e. The summed E-state index contributed by atoms with van der Waals surface area (Å²) in [6.07, 6.45) is 3.75. The lowest BCUT2D eigenvalue weighted by molar-refractivity contribution is -0.269. The summed E-state index contributed by atoms with van der Waals surface area (Å²) in [5.41, 5.74) is 0. The fraction of sp³-hybridized carbons (Fsp3) is 0.615. The summed E-state index contributed by atoms with van der Waals surface area (Å²) >= 11 is 1.61. The van der Waals surface area contributed by atoms with Gasteiger partial charge in [0.15, 0.2) is 0 Å². The van der Waals surface area contributed by atoms with E-state index in [2.05, 4.69) is 0 Å². The van der Waals surface area contributed by atoms with E-state index in [1.54, 1.807) is 16.2 Å². The Morgan fingerprint density at radius 2 is 2.35 bits per heavy atom. The van der Waals surface area contributed by atoms with Crippen LogP contribution >= 0.6 is 11.3 Å². The summed E-state index contributed by atoms with van der Waals surface area (Å²) in [6.45, 7) is 0.508. The van der Waals surface area contributed by atoms with Crippen LogP contribution in [0.4, 0.5) is 4.79 Å². The molecule has 1 amide bonds. The number of hydrogen-bond acceptors (Lipinski definition) is 3. The zero-order valence-corrected chi connectivity index (χ0v) is 10.5. The van der Waals surface area contributed by atoms with E-state index in [9.17, 15) is 9.90 Å². The van der Waals surface area contributed by atoms with Crippen molar-refractivity contribution in [3.05, 3.63) is 22.4 Å². The van der Waals surface area contributed by atoms with Crippen LogP contribution in [0.3, 0.4) is 0 Å². The summed E-state index contributed by atoms with van der Waals surface area (Å²) in [7, 11) is 0. The number of rotatable bonds is 3. The first kappa shape index (κ1) is 11.1. The summed E-state index contributed by atoms with van der Waals surface area (Å²) in [5, 5.41) is 13.3. The highest BCUT2D eigenvalue weighted by Gasteiger charge is 2.42. The van der Waals surface area contributed by atoms with Gasteiger partial charge in [0.05, 0.1) is 6.54 Å². The first-order valence-corrected chi connectivity index (χ1v) is 7.12. The summed E-state index contributed by atoms with van der Waals surface area (Å²) in [5.74, 6) is 1.34. The first-order chi connectivity index (χ1) is 8.24. The fourth-order valence-corrected chi connectivity index (χ4v) is 4.18. The Bertz CT molecular complexity index is 404. The number of thiophene rings is 1. The second-order valence-corrected chi connectivity index (χ2v) is 6.25. The van der Waals surface area contributed by atoms with Crippen LogP contribution in [0.2, 0.25) is 0 Å². The van der Waals surface area contributed by atoms with Gasteiger partial charge in [-0.2, -0.15) is 0 Å². The molecule has 3 atom stereocenters. The van der Waals surface area contributed by atoms with Gasteiger partial charge in [0.2, 0.25) is 0 Å². The maximum absolute atomic E-state index is 11.3. The molecule has 0 saturated heterocycles. The van der Waals surface area contributed by atoms with Crippen LogP contribution in [0, 0.1) is 11.8 Å². The Hall–Kier alpha value is -1.03. The lowest BCUT2D eigenvalue weighted by Gasteiger charge is -2.36. The van der Waals surface area contributed by atoms with Crippen LogP contribution in [0.25, 0.3) is 0 Å². The Kier molecular flexibility index (Phi) is 2.82. The molecule has 0 spiro atoms. The normalized spacial score (nSPS) is 30.7. The molecule has 3 rings (SSSR count). The van der Waals surface area contributed by atoms with Crippen molar-refractivity contribution in [2.24, 2.45) is 11.8 Å². The lowest BCUT2D eigenvalue weighted by Crippen LogP contribution is -2.48. The maximum atomic E-state index is 11.3. The molecule has 2 fully saturated rings. The molecule has 2 aliphatic carbocycles. The minimum absolute atomic E-state index is 0.209. The molecular formula is C13H16NO2S-. The molecule has 0 aliphatic heterocycles. The average Bonchev–Trinajstić information content (AvgIpc) is 3.02. The van der Waals surface area contributed by atoms with Gasteiger partial charge in [0.1, 0.15) is 6.09 Å². The van der Waals surface area contributed by atoms with Gasteiger partial charge in [-0.15, -0.1) is 11.3 Å². The lowest BCUT2D eigenvalue weighted by atomic mass is 9.94. The molecule has 1 heterocycles. The highest BCUT2D eigenvalue weighted by molar-refractivity contribution is 7.09. The zero-order chi connectivity index (χ0) is 11.8. The number of fused-ring (bicyclic) bond motifs is 2. The molecule has 92 valence electrons. The predicted octanol–water partition coefficient (Wildman–Crippen LogP) is 2.08. The zero-order valence-electron chi connectivity index (χ0n) is 9.67. The van der Waals surface area contributed by atoms with Gasteiger partial charge in [0.25, 0.3) is 0 Å². The molecular weight excluding hydrogens is 234 g/mol. The summed E-state index contributed by atoms with van der Waals surface area (Å²) in [4.78, 5) is 14.0. The molecule has 1 aromatic rings. The third-order valence-corrected chi connectivity index (χ3v) is 5.10. The molecule has 2 aliphatic rings. The molecule has 2 saturated carbocycles. The molecule has 3 unspecified atom stereocenters. The topological polar surface area (TPSA) is 43.4 Å². The van der Waals surface area contributed by atoms with Crippen LogP contribution in [0.15, 0.2) is 17.5 Å². The molecule has 0 radical (unpaired) electrons. The average molecular weight is 250 g/mol. The molecule has 17 heavy (non-hydrogen) atoms. The van der Waals surface area contributed by atoms with Crippen molar-refractivity contribution in [3.63, 3.8) is 0 Å². The SMILES string of the molecule is O=C([O-])N(Cc1cccs1)C1CC2CCC1C2. The van der Waals surface area contributed by atoms with Crippen molar-refractivity contribution < 1.29 is 9.90 Å². The molecule has 0 N–H and O–H groups in total. The van der Waals surface area contributed by atoms with Gasteiger partial charge in [-0.05, 0) is 42.5 Å². The molecule has 3 nitrogen and oxygen atoms in total. The number of amides is 1. The number of nitrogens with zero attached hydrogens (tertiary/aromatic N) is 1. The van der Waals surface area contributed by atoms with E-state index >= 15 is 0 Å². The molecule has 1 aromatic heterocycles. The third-order valence-electron chi connectivity index (χ3n) is 4.24. The molecule has 2 bridgehead atoms. The van der Waals surface area contributed by atoms with Crippen molar-refractivity contribution in [2.45, 2.75) is 38.3 Å². The van der Waals surface area contributed by atoms with Crippen LogP contribution in [0.5, 0.6) is 0 Å². The van der Waals surface area contributed by atoms with Crippen molar-refractivity contribution in [1.82, 2.24) is 4.90 Å². The minimum atomic E-state index is -1.00. The van der Waals surface area contributed by atoms with Crippen molar-refractivity contribution >= 4 is 17.4 Å². The van der Waals surface area contributed by atoms with E-state index in [0.717, 1.165) is 17.2 Å². The highest BCUT2D eigenvalue weighted by atomic mass is 32.1. The van der Waals surface area contributed by atoms with Crippen LogP contribution < -0.4 is 5.11 Å². The van der Waals surface area contributed by atoms with E-state index in [-0.39, 0.29) is 6.04 Å². The third kappa shape index (κ3) is 2.06. The maximum Gasteiger partial charge on any atom is 0.137 e. The van der Waals surface area contributed by atoms with Gasteiger partial charge in [-0.3, -0.25) is 0 Å². The molecule has 4 heteroatoms. The second kappa shape index (κ2) is 4.33. The van der Waals surface area contributed by atoms with E-state index in [1.165, 1.54) is 19.3 Å². The molecule has 0 aromatic carbocycles. The summed E-state index contributed by atoms with van der Waals surface area (Å²) in [6, 6.07) is 4.17. The van der Waals surface area contributed by atoms with Gasteiger partial charge in [0, 0.05) is 10.9 Å². The Labute approximate surface area is 105 Å². The van der Waals surface area contributed by atoms with Gasteiger partial charge in [-0.25, -0.2) is 0 Å².